The first-order valence-electron chi connectivity index (χ1n) is 9.52. The molecule has 0 atom stereocenters. The molecule has 1 aromatic heterocycles. The summed E-state index contributed by atoms with van der Waals surface area (Å²) in [5.41, 5.74) is 1.84. The molecular weight excluding hydrogens is 430 g/mol. The van der Waals surface area contributed by atoms with Crippen LogP contribution in [0.25, 0.3) is 10.9 Å². The number of fused-ring (bicyclic) bond motifs is 1. The number of anilines is 1. The summed E-state index contributed by atoms with van der Waals surface area (Å²) in [6.45, 7) is -0.125. The fourth-order valence-corrected chi connectivity index (χ4v) is 3.72. The monoisotopic (exact) mass is 449 g/mol. The third-order valence-electron chi connectivity index (χ3n) is 4.71. The van der Waals surface area contributed by atoms with Crippen molar-refractivity contribution in [3.8, 4) is 5.88 Å². The minimum Gasteiger partial charge on any atom is -0.493 e. The van der Waals surface area contributed by atoms with Gasteiger partial charge in [-0.25, -0.2) is 13.6 Å². The highest BCUT2D eigenvalue weighted by Crippen LogP contribution is 2.39. The second kappa shape index (κ2) is 8.61. The standard InChI is InChI=1S/C22H19N5O4S/c23-32(30,31)17-12-10-16(11-13-17)25-26-21-18-8-4-5-9-19(18)27(22(21)29)14-20(28)24-15-6-2-1-3-7-15/h1-13,29H,14H2,(H,24,28)(H2,23,30,31). The molecule has 0 aliphatic rings. The summed E-state index contributed by atoms with van der Waals surface area (Å²) in [5, 5.41) is 27.5. The number of carbonyl (C=O) groups excluding carboxylic acids is 1. The van der Waals surface area contributed by atoms with Crippen LogP contribution in [0.3, 0.4) is 0 Å². The smallest absolute Gasteiger partial charge is 0.244 e. The lowest BCUT2D eigenvalue weighted by atomic mass is 10.2. The van der Waals surface area contributed by atoms with Crippen LogP contribution in [0.1, 0.15) is 0 Å². The van der Waals surface area contributed by atoms with E-state index in [1.165, 1.54) is 28.8 Å². The SMILES string of the molecule is NS(=O)(=O)c1ccc(N=Nc2c(O)n(CC(=O)Nc3ccccc3)c3ccccc23)cc1. The van der Waals surface area contributed by atoms with E-state index in [0.717, 1.165) is 0 Å². The first kappa shape index (κ1) is 21.2. The van der Waals surface area contributed by atoms with Gasteiger partial charge in [-0.05, 0) is 42.5 Å². The van der Waals surface area contributed by atoms with Gasteiger partial charge in [-0.15, -0.1) is 5.11 Å². The number of aromatic hydroxyl groups is 1. The summed E-state index contributed by atoms with van der Waals surface area (Å²) >= 11 is 0. The molecule has 0 unspecified atom stereocenters. The van der Waals surface area contributed by atoms with Crippen LogP contribution in [0.15, 0.2) is 94.0 Å². The lowest BCUT2D eigenvalue weighted by molar-refractivity contribution is -0.116. The number of sulfonamides is 1. The summed E-state index contributed by atoms with van der Waals surface area (Å²) in [7, 11) is -3.81. The van der Waals surface area contributed by atoms with Gasteiger partial charge in [0.2, 0.25) is 21.8 Å². The van der Waals surface area contributed by atoms with Crippen molar-refractivity contribution in [3.05, 3.63) is 78.9 Å². The van der Waals surface area contributed by atoms with Crippen molar-refractivity contribution in [1.82, 2.24) is 4.57 Å². The van der Waals surface area contributed by atoms with Gasteiger partial charge in [0.05, 0.1) is 16.1 Å². The third kappa shape index (κ3) is 4.51. The van der Waals surface area contributed by atoms with E-state index >= 15 is 0 Å². The van der Waals surface area contributed by atoms with Crippen LogP contribution in [0.5, 0.6) is 5.88 Å². The maximum absolute atomic E-state index is 12.5. The molecule has 0 aliphatic heterocycles. The number of amides is 1. The maximum atomic E-state index is 12.5. The molecule has 0 spiro atoms. The van der Waals surface area contributed by atoms with Gasteiger partial charge in [0.15, 0.2) is 5.69 Å². The first-order valence-corrected chi connectivity index (χ1v) is 11.1. The number of aromatic nitrogens is 1. The molecule has 10 heteroatoms. The van der Waals surface area contributed by atoms with E-state index in [0.29, 0.717) is 22.3 Å². The number of nitrogens with zero attached hydrogens (tertiary/aromatic N) is 3. The highest BCUT2D eigenvalue weighted by molar-refractivity contribution is 7.89. The Bertz CT molecular complexity index is 1410. The Morgan fingerprint density at radius 1 is 0.938 bits per heavy atom. The zero-order chi connectivity index (χ0) is 22.7. The van der Waals surface area contributed by atoms with Crippen molar-refractivity contribution < 1.29 is 18.3 Å². The Morgan fingerprint density at radius 3 is 2.28 bits per heavy atom. The average Bonchev–Trinajstić information content (AvgIpc) is 3.03. The minimum absolute atomic E-state index is 0.0414. The summed E-state index contributed by atoms with van der Waals surface area (Å²) < 4.78 is 24.2. The molecule has 162 valence electrons. The lowest BCUT2D eigenvalue weighted by Gasteiger charge is -2.08. The molecule has 4 rings (SSSR count). The Morgan fingerprint density at radius 2 is 1.59 bits per heavy atom. The van der Waals surface area contributed by atoms with Gasteiger partial charge in [-0.1, -0.05) is 36.4 Å². The molecule has 0 aliphatic carbocycles. The minimum atomic E-state index is -3.81. The first-order chi connectivity index (χ1) is 15.3. The van der Waals surface area contributed by atoms with Crippen molar-refractivity contribution in [2.75, 3.05) is 5.32 Å². The Balaban J connectivity index is 1.63. The average molecular weight is 449 g/mol. The quantitative estimate of drug-likeness (QED) is 0.382. The van der Waals surface area contributed by atoms with Crippen molar-refractivity contribution in [2.24, 2.45) is 15.4 Å². The molecule has 4 aromatic rings. The number of rotatable bonds is 6. The molecule has 0 fully saturated rings. The van der Waals surface area contributed by atoms with Crippen LogP contribution in [0, 0.1) is 0 Å². The number of nitrogens with two attached hydrogens (primary N) is 1. The molecule has 0 bridgehead atoms. The van der Waals surface area contributed by atoms with E-state index in [2.05, 4.69) is 15.5 Å². The van der Waals surface area contributed by atoms with Crippen molar-refractivity contribution in [2.45, 2.75) is 11.4 Å². The van der Waals surface area contributed by atoms with Crippen molar-refractivity contribution >= 4 is 43.9 Å². The van der Waals surface area contributed by atoms with Crippen LogP contribution < -0.4 is 10.5 Å². The summed E-state index contributed by atoms with van der Waals surface area (Å²) in [6, 6.07) is 21.7. The summed E-state index contributed by atoms with van der Waals surface area (Å²) in [6.07, 6.45) is 0. The molecule has 0 saturated carbocycles. The third-order valence-corrected chi connectivity index (χ3v) is 5.64. The molecule has 0 saturated heterocycles. The number of primary sulfonamides is 1. The number of carbonyl (C=O) groups is 1. The molecule has 9 nitrogen and oxygen atoms in total. The van der Waals surface area contributed by atoms with Gasteiger partial charge in [0.1, 0.15) is 6.54 Å². The summed E-state index contributed by atoms with van der Waals surface area (Å²) in [5.74, 6) is -0.520. The van der Waals surface area contributed by atoms with E-state index in [1.807, 2.05) is 18.2 Å². The van der Waals surface area contributed by atoms with E-state index in [4.69, 9.17) is 5.14 Å². The van der Waals surface area contributed by atoms with Crippen molar-refractivity contribution in [1.29, 1.82) is 0 Å². The van der Waals surface area contributed by atoms with Crippen LogP contribution in [-0.2, 0) is 21.4 Å². The van der Waals surface area contributed by atoms with Gasteiger partial charge >= 0.3 is 0 Å². The molecule has 4 N–H and O–H groups in total. The van der Waals surface area contributed by atoms with E-state index in [9.17, 15) is 18.3 Å². The zero-order valence-corrected chi connectivity index (χ0v) is 17.5. The largest absolute Gasteiger partial charge is 0.493 e. The topological polar surface area (TPSA) is 139 Å². The predicted molar refractivity (Wildman–Crippen MR) is 121 cm³/mol. The molecule has 1 amide bonds. The number of hydrogen-bond acceptors (Lipinski definition) is 6. The number of hydrogen-bond donors (Lipinski definition) is 3. The Hall–Kier alpha value is -4.02. The molecule has 32 heavy (non-hydrogen) atoms. The van der Waals surface area contributed by atoms with E-state index in [1.54, 1.807) is 36.4 Å². The Labute approximate surface area is 183 Å². The van der Waals surface area contributed by atoms with Gasteiger partial charge in [0.25, 0.3) is 0 Å². The number of azo groups is 1. The van der Waals surface area contributed by atoms with Gasteiger partial charge < -0.3 is 15.0 Å². The highest BCUT2D eigenvalue weighted by atomic mass is 32.2. The number of para-hydroxylation sites is 2. The maximum Gasteiger partial charge on any atom is 0.244 e. The van der Waals surface area contributed by atoms with Crippen LogP contribution in [-0.4, -0.2) is 24.0 Å². The van der Waals surface area contributed by atoms with E-state index in [-0.39, 0.29) is 28.9 Å². The van der Waals surface area contributed by atoms with Crippen LogP contribution in [0.2, 0.25) is 0 Å². The second-order valence-corrected chi connectivity index (χ2v) is 8.49. The Kier molecular flexibility index (Phi) is 5.71. The van der Waals surface area contributed by atoms with Gasteiger partial charge in [-0.3, -0.25) is 4.79 Å². The fourth-order valence-electron chi connectivity index (χ4n) is 3.21. The molecule has 0 radical (unpaired) electrons. The molecule has 3 aromatic carbocycles. The number of benzene rings is 3. The van der Waals surface area contributed by atoms with Gasteiger partial charge in [-0.2, -0.15) is 5.11 Å². The normalized spacial score (nSPS) is 11.8. The second-order valence-electron chi connectivity index (χ2n) is 6.93. The lowest BCUT2D eigenvalue weighted by Crippen LogP contribution is -2.18. The molecule has 1 heterocycles. The van der Waals surface area contributed by atoms with Crippen molar-refractivity contribution in [3.63, 3.8) is 0 Å². The molecular formula is C22H19N5O4S. The fraction of sp³-hybridized carbons (Fsp3) is 0.0455. The summed E-state index contributed by atoms with van der Waals surface area (Å²) in [4.78, 5) is 12.5. The van der Waals surface area contributed by atoms with E-state index < -0.39 is 10.0 Å². The number of nitrogens with one attached hydrogen (secondary N) is 1. The van der Waals surface area contributed by atoms with Crippen LogP contribution in [0.4, 0.5) is 17.1 Å². The zero-order valence-electron chi connectivity index (χ0n) is 16.7. The predicted octanol–water partition coefficient (Wildman–Crippen LogP) is 4.05. The van der Waals surface area contributed by atoms with Crippen LogP contribution >= 0.6 is 0 Å². The van der Waals surface area contributed by atoms with Gasteiger partial charge in [0, 0.05) is 11.1 Å². The highest BCUT2D eigenvalue weighted by Gasteiger charge is 2.18.